The Morgan fingerprint density at radius 1 is 0.462 bits per heavy atom. The predicted molar refractivity (Wildman–Crippen MR) is 396 cm³/mol. The van der Waals surface area contributed by atoms with E-state index in [4.69, 9.17) is 4.74 Å². The van der Waals surface area contributed by atoms with Gasteiger partial charge in [0.2, 0.25) is 70.9 Å². The number of ether oxygens (including phenoxy) is 1. The van der Waals surface area contributed by atoms with Crippen molar-refractivity contribution in [3.63, 3.8) is 0 Å². The summed E-state index contributed by atoms with van der Waals surface area (Å²) in [6.07, 6.45) is -0.160. The van der Waals surface area contributed by atoms with Crippen molar-refractivity contribution < 1.29 is 67.4 Å². The Morgan fingerprint density at radius 3 is 1.33 bits per heavy atom. The van der Waals surface area contributed by atoms with Crippen LogP contribution in [0.5, 0.6) is 0 Å². The number of aliphatic hydroxyl groups is 1. The Morgan fingerprint density at radius 2 is 0.865 bits per heavy atom. The highest BCUT2D eigenvalue weighted by Gasteiger charge is 2.44. The molecule has 2 fully saturated rings. The number of likely N-dealkylation sites (tertiary alicyclic amines) is 1. The van der Waals surface area contributed by atoms with Gasteiger partial charge in [-0.2, -0.15) is 0 Å². The molecule has 2 aliphatic heterocycles. The van der Waals surface area contributed by atoms with E-state index in [0.717, 1.165) is 16.2 Å². The van der Waals surface area contributed by atoms with Gasteiger partial charge in [0.25, 0.3) is 0 Å². The fourth-order valence-corrected chi connectivity index (χ4v) is 13.0. The first kappa shape index (κ1) is 85.9. The zero-order chi connectivity index (χ0) is 77.6. The minimum Gasteiger partial charge on any atom is -0.391 e. The van der Waals surface area contributed by atoms with Crippen LogP contribution in [-0.2, 0) is 81.5 Å². The fraction of sp³-hybridized carbons (Fsp3) is 0.615. The zero-order valence-electron chi connectivity index (χ0n) is 64.6. The van der Waals surface area contributed by atoms with E-state index < -0.39 is 168 Å². The molecule has 0 unspecified atom stereocenters. The average Bonchev–Trinajstić information content (AvgIpc) is 0.806. The summed E-state index contributed by atoms with van der Waals surface area (Å²) in [5, 5.41) is 25.4. The van der Waals surface area contributed by atoms with Crippen LogP contribution >= 0.6 is 0 Å². The van der Waals surface area contributed by atoms with Gasteiger partial charge in [-0.05, 0) is 107 Å². The molecule has 26 nitrogen and oxygen atoms in total. The lowest BCUT2D eigenvalue weighted by Crippen LogP contribution is -2.62. The second-order valence-electron chi connectivity index (χ2n) is 30.7. The van der Waals surface area contributed by atoms with Crippen molar-refractivity contribution >= 4 is 70.9 Å². The number of likely N-dealkylation sites (N-methyl/N-ethyl adjacent to an activating group) is 6. The van der Waals surface area contributed by atoms with E-state index in [1.165, 1.54) is 68.8 Å². The lowest BCUT2D eigenvalue weighted by atomic mass is 9.96. The molecule has 3 aromatic rings. The van der Waals surface area contributed by atoms with Crippen molar-refractivity contribution in [2.24, 2.45) is 23.7 Å². The first-order valence-electron chi connectivity index (χ1n) is 36.6. The molecule has 11 atom stereocenters. The number of nitrogens with one attached hydrogen (secondary N) is 5. The first-order valence-corrected chi connectivity index (χ1v) is 36.6. The number of aliphatic hydroxyl groups excluding tert-OH is 1. The van der Waals surface area contributed by atoms with Crippen LogP contribution in [0.3, 0.4) is 0 Å². The number of hydrogen-bond donors (Lipinski definition) is 6. The number of piperidine rings is 1. The lowest BCUT2D eigenvalue weighted by molar-refractivity contribution is -0.151. The third-order valence-corrected chi connectivity index (χ3v) is 19.2. The molecule has 2 aliphatic rings. The standard InChI is InChI=1S/C78H118N12O14/c1-48(2)39-56-72(98)86(15)60(41-50(5)6)71(97)83-67(52(9)91)76(102)84(13)46-65(93)85(14)59(40-49(3)4)68(94)81-58(47-104-78(10,11)12)73(99)89(18)63(44-55-35-27-21-28-36-55)75(101)87(16)61(42-53-31-23-19-24-32-53)69(95)80-57(74(100)90-37-29-22-30-38-90)45-64(92)82-66(51(7)8)77(103)88(17)62(70(96)79-56)43-54-33-25-20-26-34-54/h19-21,23-28,31-36,48-52,56-63,66-67,91H,22,29-30,37-47H2,1-18H3,(H,79,96)(H,80,95)(H,81,94)(H,82,92)(H,83,97)/t52-,56+,57+,58+,59+,60+,61+,62+,63+,66-,67+/m1/s1. The van der Waals surface area contributed by atoms with Crippen LogP contribution in [0.1, 0.15) is 145 Å². The van der Waals surface area contributed by atoms with E-state index >= 15 is 33.6 Å². The zero-order valence-corrected chi connectivity index (χ0v) is 64.6. The minimum absolute atomic E-state index is 0.0505. The summed E-state index contributed by atoms with van der Waals surface area (Å²) in [4.78, 5) is 190. The number of carbonyl (C=O) groups is 12. The lowest BCUT2D eigenvalue weighted by Gasteiger charge is -2.37. The summed E-state index contributed by atoms with van der Waals surface area (Å²) in [5.74, 6) is -10.4. The van der Waals surface area contributed by atoms with Gasteiger partial charge in [0.05, 0.1) is 31.3 Å². The molecule has 104 heavy (non-hydrogen) atoms. The largest absolute Gasteiger partial charge is 0.391 e. The molecule has 2 saturated heterocycles. The van der Waals surface area contributed by atoms with Crippen molar-refractivity contribution in [1.29, 1.82) is 0 Å². The summed E-state index contributed by atoms with van der Waals surface area (Å²) in [6.45, 7) is 20.5. The maximum atomic E-state index is 15.8. The van der Waals surface area contributed by atoms with Crippen LogP contribution in [0, 0.1) is 23.7 Å². The molecule has 0 spiro atoms. The van der Waals surface area contributed by atoms with Crippen LogP contribution in [0.4, 0.5) is 0 Å². The Balaban J connectivity index is 1.73. The van der Waals surface area contributed by atoms with Gasteiger partial charge in [-0.1, -0.05) is 146 Å². The summed E-state index contributed by atoms with van der Waals surface area (Å²) in [5.41, 5.74) is 1.01. The molecule has 12 amide bonds. The molecule has 3 aromatic carbocycles. The highest BCUT2D eigenvalue weighted by Crippen LogP contribution is 2.23. The van der Waals surface area contributed by atoms with Crippen molar-refractivity contribution in [1.82, 2.24) is 60.9 Å². The average molecular weight is 1450 g/mol. The second kappa shape index (κ2) is 39.9. The summed E-state index contributed by atoms with van der Waals surface area (Å²) in [7, 11) is 8.30. The van der Waals surface area contributed by atoms with Crippen molar-refractivity contribution in [2.45, 2.75) is 219 Å². The molecule has 26 heteroatoms. The van der Waals surface area contributed by atoms with Crippen LogP contribution in [0.2, 0.25) is 0 Å². The molecule has 0 saturated carbocycles. The van der Waals surface area contributed by atoms with Crippen LogP contribution in [0.15, 0.2) is 91.0 Å². The molecular weight excluding hydrogens is 1330 g/mol. The maximum absolute atomic E-state index is 15.8. The highest BCUT2D eigenvalue weighted by atomic mass is 16.5. The summed E-state index contributed by atoms with van der Waals surface area (Å²) < 4.78 is 6.22. The second-order valence-corrected chi connectivity index (χ2v) is 30.7. The van der Waals surface area contributed by atoms with Crippen LogP contribution in [-0.4, -0.2) is 251 Å². The molecule has 0 bridgehead atoms. The van der Waals surface area contributed by atoms with Gasteiger partial charge in [0.15, 0.2) is 0 Å². The van der Waals surface area contributed by atoms with Crippen LogP contribution < -0.4 is 26.6 Å². The van der Waals surface area contributed by atoms with E-state index in [9.17, 15) is 29.1 Å². The quantitative estimate of drug-likeness (QED) is 0.111. The van der Waals surface area contributed by atoms with Gasteiger partial charge in [-0.25, -0.2) is 0 Å². The molecule has 5 rings (SSSR count). The van der Waals surface area contributed by atoms with Gasteiger partial charge in [0.1, 0.15) is 60.4 Å². The van der Waals surface area contributed by atoms with Crippen LogP contribution in [0.25, 0.3) is 0 Å². The summed E-state index contributed by atoms with van der Waals surface area (Å²) >= 11 is 0. The Bertz CT molecular complexity index is 3380. The molecule has 2 heterocycles. The molecule has 0 radical (unpaired) electrons. The van der Waals surface area contributed by atoms with E-state index in [1.54, 1.807) is 131 Å². The SMILES string of the molecule is CC(C)C[C@@H]1NC(=O)[C@H](Cc2ccccc2)N(C)C(=O)[C@@H](C(C)C)NC(=O)C[C@@H](C(=O)N2CCCCC2)NC(=O)[C@H](Cc2ccccc2)N(C)C(=O)[C@H](Cc2ccccc2)N(C)C(=O)[C@H](COC(C)(C)C)NC(=O)[C@H](CC(C)C)N(C)C(=O)CN(C)C(=O)[C@H]([C@@H](C)O)NC(=O)[C@H](CC(C)C)N(C)C1=O. The van der Waals surface area contributed by atoms with Crippen molar-refractivity contribution in [3.05, 3.63) is 108 Å². The van der Waals surface area contributed by atoms with Gasteiger partial charge >= 0.3 is 0 Å². The molecule has 6 N–H and O–H groups in total. The Kier molecular flexibility index (Phi) is 33.0. The topological polar surface area (TPSA) is 317 Å². The van der Waals surface area contributed by atoms with E-state index in [2.05, 4.69) is 26.6 Å². The smallest absolute Gasteiger partial charge is 0.248 e. The predicted octanol–water partition coefficient (Wildman–Crippen LogP) is 4.14. The van der Waals surface area contributed by atoms with Gasteiger partial charge in [0, 0.05) is 74.6 Å². The number of carbonyl (C=O) groups excluding carboxylic acids is 12. The van der Waals surface area contributed by atoms with Gasteiger partial charge in [-0.15, -0.1) is 0 Å². The number of amides is 12. The fourth-order valence-electron chi connectivity index (χ4n) is 13.0. The first-order chi connectivity index (χ1) is 48.8. The Hall–Kier alpha value is -8.78. The number of rotatable bonds is 17. The third kappa shape index (κ3) is 25.2. The molecule has 574 valence electrons. The number of benzene rings is 3. The third-order valence-electron chi connectivity index (χ3n) is 19.2. The maximum Gasteiger partial charge on any atom is 0.248 e. The number of hydrogen-bond acceptors (Lipinski definition) is 14. The number of nitrogens with zero attached hydrogens (tertiary/aromatic N) is 7. The van der Waals surface area contributed by atoms with Crippen molar-refractivity contribution in [2.75, 3.05) is 68.5 Å². The van der Waals surface area contributed by atoms with Crippen molar-refractivity contribution in [3.8, 4) is 0 Å². The Labute approximate surface area is 615 Å². The van der Waals surface area contributed by atoms with E-state index in [1.807, 2.05) is 41.5 Å². The van der Waals surface area contributed by atoms with E-state index in [-0.39, 0.29) is 56.3 Å². The van der Waals surface area contributed by atoms with Gasteiger partial charge in [-0.3, -0.25) is 57.5 Å². The monoisotopic (exact) mass is 1450 g/mol. The van der Waals surface area contributed by atoms with Gasteiger partial charge < -0.3 is 70.7 Å². The molecule has 0 aliphatic carbocycles. The molecular formula is C78H118N12O14. The van der Waals surface area contributed by atoms with E-state index in [0.29, 0.717) is 42.6 Å². The normalized spacial score (nSPS) is 24.6. The highest BCUT2D eigenvalue weighted by molar-refractivity contribution is 6.00. The minimum atomic E-state index is -1.67. The summed E-state index contributed by atoms with van der Waals surface area (Å²) in [6, 6.07) is 12.6. The molecule has 0 aromatic heterocycles.